The SMILES string of the molecule is CC[C@@H](C(=O)[C@@H](C)[C@@H](O)[C@H](C)[C@@H]1O[C@@H]([C@@H](CC)C(=O)OCC[Si](C)(C)C)CC[C@@H]1C)[C@H]1O[C@]2(C=C[C@H](n3cc(COC(C(F)(F)F)(C(F)(F)F)C(F)(F)F)nn3)[C@]3(CC[C@@](C)([C@H]4CC[C@](O)(CC)[C@H](C)O4)O3)O2)[C@H](C)C[C@@H]1C. The molecule has 4 saturated heterocycles. The van der Waals surface area contributed by atoms with E-state index in [9.17, 15) is 59.3 Å². The van der Waals surface area contributed by atoms with E-state index in [1.165, 1.54) is 0 Å². The van der Waals surface area contributed by atoms with E-state index >= 15 is 0 Å². The number of rotatable bonds is 19. The molecule has 0 aromatic carbocycles. The van der Waals surface area contributed by atoms with Gasteiger partial charge in [0.25, 0.3) is 0 Å². The van der Waals surface area contributed by atoms with Gasteiger partial charge < -0.3 is 43.4 Å². The van der Waals surface area contributed by atoms with Crippen molar-refractivity contribution >= 4 is 19.8 Å². The second-order valence-corrected chi connectivity index (χ2v) is 30.3. The fraction of sp³-hybridized carbons (Fsp3) is 0.889. The van der Waals surface area contributed by atoms with Crippen LogP contribution < -0.4 is 0 Å². The lowest BCUT2D eigenvalue weighted by molar-refractivity contribution is -0.460. The van der Waals surface area contributed by atoms with E-state index in [0.717, 1.165) is 23.3 Å². The second kappa shape index (κ2) is 23.5. The molecule has 4 fully saturated rings. The Bertz CT molecular complexity index is 2210. The Balaban J connectivity index is 1.28. The van der Waals surface area contributed by atoms with Crippen molar-refractivity contribution < 1.29 is 92.5 Å². The van der Waals surface area contributed by atoms with Crippen molar-refractivity contribution in [3.8, 4) is 0 Å². The number of halogens is 9. The van der Waals surface area contributed by atoms with Gasteiger partial charge in [0, 0.05) is 38.2 Å². The van der Waals surface area contributed by atoms with Gasteiger partial charge in [-0.15, -0.1) is 5.10 Å². The molecule has 2 spiro atoms. The summed E-state index contributed by atoms with van der Waals surface area (Å²) in [6.45, 7) is 23.6. The van der Waals surface area contributed by atoms with Crippen LogP contribution in [0.25, 0.3) is 0 Å². The maximum Gasteiger partial charge on any atom is 0.435 e. The maximum absolute atomic E-state index is 14.9. The third kappa shape index (κ3) is 12.6. The lowest BCUT2D eigenvalue weighted by atomic mass is 9.72. The van der Waals surface area contributed by atoms with Crippen molar-refractivity contribution in [2.24, 2.45) is 41.4 Å². The van der Waals surface area contributed by atoms with Crippen LogP contribution in [-0.2, 0) is 49.4 Å². The van der Waals surface area contributed by atoms with Gasteiger partial charge in [-0.2, -0.15) is 39.5 Å². The Morgan fingerprint density at radius 3 is 2.05 bits per heavy atom. The fourth-order valence-corrected chi connectivity index (χ4v) is 13.5. The van der Waals surface area contributed by atoms with Crippen molar-refractivity contribution in [1.29, 1.82) is 0 Å². The Morgan fingerprint density at radius 2 is 1.49 bits per heavy atom. The predicted molar refractivity (Wildman–Crippen MR) is 269 cm³/mol. The number of aromatic nitrogens is 3. The van der Waals surface area contributed by atoms with Crippen LogP contribution >= 0.6 is 0 Å². The minimum atomic E-state index is -6.97. The van der Waals surface area contributed by atoms with Gasteiger partial charge in [0.2, 0.25) is 0 Å². The molecule has 5 aliphatic rings. The van der Waals surface area contributed by atoms with Crippen LogP contribution in [0.3, 0.4) is 0 Å². The van der Waals surface area contributed by atoms with Crippen molar-refractivity contribution in [3.05, 3.63) is 24.0 Å². The number of Topliss-reactive ketones (excluding diaryl/α,β-unsaturated/α-hetero) is 1. The van der Waals surface area contributed by atoms with Gasteiger partial charge in [0.1, 0.15) is 17.5 Å². The summed E-state index contributed by atoms with van der Waals surface area (Å²) in [7, 11) is -1.44. The molecule has 14 nitrogen and oxygen atoms in total. The summed E-state index contributed by atoms with van der Waals surface area (Å²) in [4.78, 5) is 28.3. The molecule has 6 heterocycles. The smallest absolute Gasteiger partial charge is 0.435 e. The number of carbonyl (C=O) groups is 2. The van der Waals surface area contributed by atoms with Crippen LogP contribution in [0.15, 0.2) is 18.3 Å². The first-order valence-electron chi connectivity index (χ1n) is 27.8. The van der Waals surface area contributed by atoms with Crippen LogP contribution in [0.1, 0.15) is 145 Å². The van der Waals surface area contributed by atoms with E-state index in [4.69, 9.17) is 28.4 Å². The summed E-state index contributed by atoms with van der Waals surface area (Å²) in [6, 6.07) is -0.380. The normalized spacial score (nSPS) is 36.3. The molecule has 1 aromatic heterocycles. The third-order valence-corrected chi connectivity index (χ3v) is 19.7. The standard InChI is InChI=1S/C54H84F9N3O11Si/c1-14-37(46(69)71-25-26-78(11,12)13)39-18-17-30(4)44(74-39)34(8)42(67)33(7)43(68)38(15-2)45-31(5)27-32(6)49(75-45)22-19-40(50(77-49)24-23-47(10,76-50)41-20-21-48(70,16-3)35(9)73-41)66-28-36(64-65-66)29-72-51(52(55,56)57,53(58,59)60)54(61,62)63/h19,22,28,30-35,37-42,44-45,67,70H,14-18,20-21,23-27,29H2,1-13H3/t30-,31-,32+,33-,34-,35-,37+,38-,39+,40-,41+,42+,44+,45-,47-,48+,49-,50-/m0/s1. The summed E-state index contributed by atoms with van der Waals surface area (Å²) >= 11 is 0. The van der Waals surface area contributed by atoms with E-state index in [1.807, 2.05) is 48.5 Å². The molecule has 5 aliphatic heterocycles. The molecular formula is C54H84F9N3O11Si. The number of hydrogen-bond donors (Lipinski definition) is 2. The Kier molecular flexibility index (Phi) is 19.4. The number of esters is 1. The topological polar surface area (TPSA) is 170 Å². The quantitative estimate of drug-likeness (QED) is 0.0581. The first-order valence-corrected chi connectivity index (χ1v) is 31.5. The zero-order chi connectivity index (χ0) is 58.6. The van der Waals surface area contributed by atoms with E-state index in [1.54, 1.807) is 32.9 Å². The predicted octanol–water partition coefficient (Wildman–Crippen LogP) is 11.4. The maximum atomic E-state index is 14.9. The second-order valence-electron chi connectivity index (χ2n) is 24.7. The molecule has 0 saturated carbocycles. The van der Waals surface area contributed by atoms with Gasteiger partial charge in [-0.1, -0.05) is 86.3 Å². The number of ether oxygens (including phenoxy) is 7. The first kappa shape index (κ1) is 64.5. The van der Waals surface area contributed by atoms with Gasteiger partial charge in [-0.05, 0) is 95.6 Å². The van der Waals surface area contributed by atoms with E-state index in [0.29, 0.717) is 51.6 Å². The highest BCUT2D eigenvalue weighted by Crippen LogP contribution is 2.58. The molecule has 0 amide bonds. The van der Waals surface area contributed by atoms with Crippen molar-refractivity contribution in [1.82, 2.24) is 15.0 Å². The van der Waals surface area contributed by atoms with Crippen LogP contribution in [0, 0.1) is 41.4 Å². The van der Waals surface area contributed by atoms with Gasteiger partial charge in [0.05, 0.1) is 73.2 Å². The number of carbonyl (C=O) groups excluding carboxylic acids is 2. The number of alkyl halides is 9. The molecule has 1 aromatic rings. The lowest BCUT2D eigenvalue weighted by Gasteiger charge is -2.55. The highest BCUT2D eigenvalue weighted by molar-refractivity contribution is 6.76. The molecule has 18 atom stereocenters. The number of aliphatic hydroxyl groups excluding tert-OH is 1. The molecule has 6 rings (SSSR count). The van der Waals surface area contributed by atoms with Crippen LogP contribution in [0.5, 0.6) is 0 Å². The molecule has 448 valence electrons. The molecule has 78 heavy (non-hydrogen) atoms. The van der Waals surface area contributed by atoms with E-state index in [-0.39, 0.29) is 36.4 Å². The molecule has 0 aliphatic carbocycles. The van der Waals surface area contributed by atoms with Crippen LogP contribution in [-0.4, -0.2) is 135 Å². The average molecular weight is 1150 g/mol. The zero-order valence-electron chi connectivity index (χ0n) is 47.3. The molecule has 24 heteroatoms. The third-order valence-electron chi connectivity index (χ3n) is 18.0. The Labute approximate surface area is 453 Å². The van der Waals surface area contributed by atoms with Crippen molar-refractivity contribution in [2.45, 2.75) is 255 Å². The number of nitrogens with zero attached hydrogens (tertiary/aromatic N) is 3. The zero-order valence-corrected chi connectivity index (χ0v) is 48.3. The summed E-state index contributed by atoms with van der Waals surface area (Å²) in [5, 5.41) is 31.0. The van der Waals surface area contributed by atoms with E-state index in [2.05, 4.69) is 34.7 Å². The van der Waals surface area contributed by atoms with Gasteiger partial charge >= 0.3 is 30.1 Å². The summed E-state index contributed by atoms with van der Waals surface area (Å²) < 4.78 is 169. The molecule has 0 unspecified atom stereocenters. The number of ketones is 1. The van der Waals surface area contributed by atoms with Crippen LogP contribution in [0.2, 0.25) is 25.7 Å². The summed E-state index contributed by atoms with van der Waals surface area (Å²) in [6.07, 6.45) is -17.0. The minimum absolute atomic E-state index is 0.00685. The van der Waals surface area contributed by atoms with Gasteiger partial charge in [0.15, 0.2) is 11.6 Å². The molecule has 0 bridgehead atoms. The number of aliphatic hydroxyl groups is 2. The van der Waals surface area contributed by atoms with Crippen LogP contribution in [0.4, 0.5) is 39.5 Å². The summed E-state index contributed by atoms with van der Waals surface area (Å²) in [5.74, 6) is -7.40. The highest BCUT2D eigenvalue weighted by Gasteiger charge is 2.85. The summed E-state index contributed by atoms with van der Waals surface area (Å²) in [5.41, 5.74) is -9.63. The fourth-order valence-electron chi connectivity index (χ4n) is 12.8. The average Bonchev–Trinajstić information content (AvgIpc) is 3.97. The number of hydrogen-bond acceptors (Lipinski definition) is 13. The minimum Gasteiger partial charge on any atom is -0.466 e. The highest BCUT2D eigenvalue weighted by atomic mass is 28.3. The van der Waals surface area contributed by atoms with Crippen molar-refractivity contribution in [3.63, 3.8) is 0 Å². The largest absolute Gasteiger partial charge is 0.466 e. The lowest BCUT2D eigenvalue weighted by Crippen LogP contribution is -2.67. The van der Waals surface area contributed by atoms with Crippen molar-refractivity contribution in [2.75, 3.05) is 6.61 Å². The van der Waals surface area contributed by atoms with Gasteiger partial charge in [-0.25, -0.2) is 4.68 Å². The Morgan fingerprint density at radius 1 is 0.859 bits per heavy atom. The Hall–Kier alpha value is -2.71. The van der Waals surface area contributed by atoms with Gasteiger partial charge in [-0.3, -0.25) is 9.59 Å². The molecule has 2 N–H and O–H groups in total. The first-order chi connectivity index (χ1) is 35.9. The molecule has 0 radical (unpaired) electrons. The monoisotopic (exact) mass is 1150 g/mol. The van der Waals surface area contributed by atoms with E-state index < -0.39 is 140 Å². The molecular weight excluding hydrogens is 1070 g/mol.